The maximum absolute atomic E-state index is 5.90. The molecule has 0 aliphatic rings. The summed E-state index contributed by atoms with van der Waals surface area (Å²) in [5.41, 5.74) is 3.86. The van der Waals surface area contributed by atoms with E-state index in [1.165, 1.54) is 0 Å². The van der Waals surface area contributed by atoms with Crippen LogP contribution in [-0.2, 0) is 6.42 Å². The molecule has 0 saturated heterocycles. The van der Waals surface area contributed by atoms with Crippen LogP contribution in [0.1, 0.15) is 5.56 Å². The van der Waals surface area contributed by atoms with Gasteiger partial charge in [-0.3, -0.25) is 16.3 Å². The molecule has 1 heterocycles. The number of ether oxygens (including phenoxy) is 1. The number of halogens is 1. The number of pyridine rings is 1. The van der Waals surface area contributed by atoms with Crippen LogP contribution in [-0.4, -0.2) is 17.6 Å². The van der Waals surface area contributed by atoms with Crippen LogP contribution in [0.5, 0.6) is 5.75 Å². The number of hydrogen-bond donors (Lipinski definition) is 2. The average Bonchev–Trinajstić information content (AvgIpc) is 2.44. The first-order valence-electron chi connectivity index (χ1n) is 6.01. The first-order valence-corrected chi connectivity index (χ1v) is 6.39. The zero-order chi connectivity index (χ0) is 13.5. The highest BCUT2D eigenvalue weighted by Gasteiger charge is 2.09. The van der Waals surface area contributed by atoms with Crippen molar-refractivity contribution >= 4 is 11.6 Å². The predicted octanol–water partition coefficient (Wildman–Crippen LogP) is 2.19. The number of hydrogen-bond acceptors (Lipinski definition) is 4. The van der Waals surface area contributed by atoms with Gasteiger partial charge in [-0.05, 0) is 36.2 Å². The Bertz CT molecular complexity index is 507. The molecule has 1 atom stereocenters. The summed E-state index contributed by atoms with van der Waals surface area (Å²) in [5.74, 6) is 6.27. The summed E-state index contributed by atoms with van der Waals surface area (Å²) in [6, 6.07) is 11.2. The summed E-state index contributed by atoms with van der Waals surface area (Å²) in [4.78, 5) is 4.08. The molecule has 19 heavy (non-hydrogen) atoms. The minimum absolute atomic E-state index is 0.0168. The summed E-state index contributed by atoms with van der Waals surface area (Å²) in [5, 5.41) is 0.655. The molecule has 1 unspecified atom stereocenters. The summed E-state index contributed by atoms with van der Waals surface area (Å²) >= 11 is 5.90. The lowest BCUT2D eigenvalue weighted by Gasteiger charge is -2.16. The van der Waals surface area contributed by atoms with E-state index < -0.39 is 0 Å². The van der Waals surface area contributed by atoms with Gasteiger partial charge < -0.3 is 4.74 Å². The number of nitrogens with one attached hydrogen (secondary N) is 1. The molecule has 0 fully saturated rings. The summed E-state index contributed by atoms with van der Waals surface area (Å²) in [6.45, 7) is 0.464. The number of hydrazine groups is 1. The standard InChI is InChI=1S/C14H16ClN3O/c15-12-4-1-5-14(8-12)19-10-13(18-16)7-11-3-2-6-17-9-11/h1-6,8-9,13,18H,7,10,16H2. The lowest BCUT2D eigenvalue weighted by Crippen LogP contribution is -2.41. The van der Waals surface area contributed by atoms with Gasteiger partial charge in [-0.2, -0.15) is 0 Å². The van der Waals surface area contributed by atoms with Gasteiger partial charge in [0.25, 0.3) is 0 Å². The zero-order valence-electron chi connectivity index (χ0n) is 10.4. The quantitative estimate of drug-likeness (QED) is 0.628. The number of aromatic nitrogens is 1. The van der Waals surface area contributed by atoms with Crippen LogP contribution in [0.25, 0.3) is 0 Å². The van der Waals surface area contributed by atoms with Crippen molar-refractivity contribution in [3.8, 4) is 5.75 Å². The smallest absolute Gasteiger partial charge is 0.120 e. The summed E-state index contributed by atoms with van der Waals surface area (Å²) < 4.78 is 5.66. The Kier molecular flexibility index (Phi) is 5.15. The molecule has 5 heteroatoms. The van der Waals surface area contributed by atoms with E-state index in [2.05, 4.69) is 10.4 Å². The van der Waals surface area contributed by atoms with Gasteiger partial charge in [0, 0.05) is 17.4 Å². The van der Waals surface area contributed by atoms with E-state index in [1.54, 1.807) is 12.3 Å². The number of nitrogens with two attached hydrogens (primary N) is 1. The van der Waals surface area contributed by atoms with Crippen LogP contribution in [0.15, 0.2) is 48.8 Å². The third kappa shape index (κ3) is 4.52. The van der Waals surface area contributed by atoms with Crippen LogP contribution in [0.4, 0.5) is 0 Å². The van der Waals surface area contributed by atoms with Crippen LogP contribution in [0.2, 0.25) is 5.02 Å². The SMILES string of the molecule is NNC(COc1cccc(Cl)c1)Cc1cccnc1. The van der Waals surface area contributed by atoms with Gasteiger partial charge >= 0.3 is 0 Å². The third-order valence-electron chi connectivity index (χ3n) is 2.69. The average molecular weight is 278 g/mol. The largest absolute Gasteiger partial charge is 0.492 e. The lowest BCUT2D eigenvalue weighted by atomic mass is 10.1. The van der Waals surface area contributed by atoms with Crippen LogP contribution in [0, 0.1) is 0 Å². The van der Waals surface area contributed by atoms with Gasteiger partial charge in [0.2, 0.25) is 0 Å². The Morgan fingerprint density at radius 1 is 1.32 bits per heavy atom. The number of rotatable bonds is 6. The molecule has 3 N–H and O–H groups in total. The molecule has 0 aliphatic heterocycles. The molecule has 4 nitrogen and oxygen atoms in total. The van der Waals surface area contributed by atoms with E-state index in [1.807, 2.05) is 36.5 Å². The van der Waals surface area contributed by atoms with Crippen molar-refractivity contribution in [2.75, 3.05) is 6.61 Å². The van der Waals surface area contributed by atoms with Crippen LogP contribution >= 0.6 is 11.6 Å². The second-order valence-electron chi connectivity index (χ2n) is 4.20. The van der Waals surface area contributed by atoms with E-state index in [9.17, 15) is 0 Å². The van der Waals surface area contributed by atoms with Crippen molar-refractivity contribution in [2.24, 2.45) is 5.84 Å². The van der Waals surface area contributed by atoms with Crippen LogP contribution < -0.4 is 16.0 Å². The molecule has 1 aromatic carbocycles. The first kappa shape index (κ1) is 13.8. The Morgan fingerprint density at radius 2 is 2.21 bits per heavy atom. The minimum atomic E-state index is 0.0168. The highest BCUT2D eigenvalue weighted by molar-refractivity contribution is 6.30. The van der Waals surface area contributed by atoms with E-state index in [0.717, 1.165) is 17.7 Å². The van der Waals surface area contributed by atoms with Gasteiger partial charge in [0.1, 0.15) is 12.4 Å². The Balaban J connectivity index is 1.89. The van der Waals surface area contributed by atoms with Crippen molar-refractivity contribution in [1.82, 2.24) is 10.4 Å². The van der Waals surface area contributed by atoms with Gasteiger partial charge in [0.05, 0.1) is 6.04 Å². The molecule has 2 aromatic rings. The van der Waals surface area contributed by atoms with Gasteiger partial charge in [-0.15, -0.1) is 0 Å². The van der Waals surface area contributed by atoms with Crippen molar-refractivity contribution in [1.29, 1.82) is 0 Å². The van der Waals surface area contributed by atoms with Gasteiger partial charge in [0.15, 0.2) is 0 Å². The zero-order valence-corrected chi connectivity index (χ0v) is 11.2. The molecule has 0 saturated carbocycles. The first-order chi connectivity index (χ1) is 9.28. The van der Waals surface area contributed by atoms with E-state index >= 15 is 0 Å². The molecular formula is C14H16ClN3O. The molecule has 0 bridgehead atoms. The second-order valence-corrected chi connectivity index (χ2v) is 4.63. The fourth-order valence-electron chi connectivity index (χ4n) is 1.72. The molecule has 0 spiro atoms. The third-order valence-corrected chi connectivity index (χ3v) is 2.92. The van der Waals surface area contributed by atoms with Crippen molar-refractivity contribution in [3.63, 3.8) is 0 Å². The number of nitrogens with zero attached hydrogens (tertiary/aromatic N) is 1. The number of benzene rings is 1. The highest BCUT2D eigenvalue weighted by Crippen LogP contribution is 2.17. The van der Waals surface area contributed by atoms with Crippen molar-refractivity contribution in [2.45, 2.75) is 12.5 Å². The maximum Gasteiger partial charge on any atom is 0.120 e. The molecule has 0 amide bonds. The summed E-state index contributed by atoms with van der Waals surface area (Å²) in [6.07, 6.45) is 4.32. The molecular weight excluding hydrogens is 262 g/mol. The second kappa shape index (κ2) is 7.09. The lowest BCUT2D eigenvalue weighted by molar-refractivity contribution is 0.264. The van der Waals surface area contributed by atoms with E-state index in [4.69, 9.17) is 22.2 Å². The van der Waals surface area contributed by atoms with Crippen molar-refractivity contribution in [3.05, 3.63) is 59.4 Å². The van der Waals surface area contributed by atoms with E-state index in [-0.39, 0.29) is 6.04 Å². The molecule has 1 aromatic heterocycles. The monoisotopic (exact) mass is 277 g/mol. The predicted molar refractivity (Wildman–Crippen MR) is 76.0 cm³/mol. The minimum Gasteiger partial charge on any atom is -0.492 e. The fraction of sp³-hybridized carbons (Fsp3) is 0.214. The molecule has 100 valence electrons. The molecule has 2 rings (SSSR count). The fourth-order valence-corrected chi connectivity index (χ4v) is 1.90. The van der Waals surface area contributed by atoms with Gasteiger partial charge in [-0.25, -0.2) is 0 Å². The Hall–Kier alpha value is -1.62. The molecule has 0 radical (unpaired) electrons. The molecule has 0 aliphatic carbocycles. The van der Waals surface area contributed by atoms with Crippen molar-refractivity contribution < 1.29 is 4.74 Å². The van der Waals surface area contributed by atoms with Crippen LogP contribution in [0.3, 0.4) is 0 Å². The normalized spacial score (nSPS) is 12.1. The van der Waals surface area contributed by atoms with Gasteiger partial charge in [-0.1, -0.05) is 23.7 Å². The summed E-state index contributed by atoms with van der Waals surface area (Å²) in [7, 11) is 0. The Labute approximate surface area is 117 Å². The topological polar surface area (TPSA) is 60.2 Å². The van der Waals surface area contributed by atoms with E-state index in [0.29, 0.717) is 11.6 Å². The Morgan fingerprint density at radius 3 is 2.89 bits per heavy atom. The maximum atomic E-state index is 5.90. The highest BCUT2D eigenvalue weighted by atomic mass is 35.5.